The number of nitrogens with one attached hydrogen (secondary N) is 2. The lowest BCUT2D eigenvalue weighted by molar-refractivity contribution is 0.101. The van der Waals surface area contributed by atoms with Crippen LogP contribution in [0.2, 0.25) is 0 Å². The molecular formula is C14H15N3O. The van der Waals surface area contributed by atoms with Crippen molar-refractivity contribution in [3.8, 4) is 0 Å². The Kier molecular flexibility index (Phi) is 2.86. The van der Waals surface area contributed by atoms with Gasteiger partial charge in [-0.15, -0.1) is 0 Å². The highest BCUT2D eigenvalue weighted by Crippen LogP contribution is 2.18. The van der Waals surface area contributed by atoms with E-state index < -0.39 is 0 Å². The lowest BCUT2D eigenvalue weighted by Gasteiger charge is -2.20. The van der Waals surface area contributed by atoms with Gasteiger partial charge >= 0.3 is 0 Å². The van der Waals surface area contributed by atoms with Crippen molar-refractivity contribution in [2.75, 3.05) is 12.0 Å². The number of hydrogen-bond donors (Lipinski definition) is 2. The van der Waals surface area contributed by atoms with Crippen molar-refractivity contribution in [3.63, 3.8) is 0 Å². The van der Waals surface area contributed by atoms with Crippen molar-refractivity contribution in [1.29, 1.82) is 0 Å². The molecule has 92 valence electrons. The fourth-order valence-corrected chi connectivity index (χ4v) is 2.33. The number of hydrogen-bond acceptors (Lipinski definition) is 2. The predicted octanol–water partition coefficient (Wildman–Crippen LogP) is 1.52. The molecule has 0 saturated carbocycles. The summed E-state index contributed by atoms with van der Waals surface area (Å²) in [4.78, 5) is 12.2. The lowest BCUT2D eigenvalue weighted by Crippen LogP contribution is -2.28. The first kappa shape index (κ1) is 11.0. The van der Waals surface area contributed by atoms with Gasteiger partial charge in [-0.05, 0) is 42.3 Å². The third-order valence-electron chi connectivity index (χ3n) is 3.22. The summed E-state index contributed by atoms with van der Waals surface area (Å²) in [6.45, 7) is 1.78. The molecule has 1 aromatic carbocycles. The van der Waals surface area contributed by atoms with Crippen LogP contribution in [-0.2, 0) is 13.0 Å². The molecule has 0 fully saturated rings. The summed E-state index contributed by atoms with van der Waals surface area (Å²) >= 11 is 0. The van der Waals surface area contributed by atoms with Crippen LogP contribution in [0.3, 0.4) is 0 Å². The molecular weight excluding hydrogens is 226 g/mol. The molecule has 0 bridgehead atoms. The van der Waals surface area contributed by atoms with E-state index in [1.165, 1.54) is 11.1 Å². The maximum atomic E-state index is 12.2. The van der Waals surface area contributed by atoms with Gasteiger partial charge < -0.3 is 5.32 Å². The fourth-order valence-electron chi connectivity index (χ4n) is 2.33. The smallest absolute Gasteiger partial charge is 0.270 e. The Morgan fingerprint density at radius 2 is 2.06 bits per heavy atom. The van der Waals surface area contributed by atoms with Gasteiger partial charge in [-0.1, -0.05) is 12.1 Å². The van der Waals surface area contributed by atoms with E-state index in [2.05, 4.69) is 16.8 Å². The molecule has 1 aliphatic rings. The van der Waals surface area contributed by atoms with Crippen LogP contribution in [0, 0.1) is 0 Å². The van der Waals surface area contributed by atoms with Gasteiger partial charge in [0.1, 0.15) is 0 Å². The molecule has 0 atom stereocenters. The van der Waals surface area contributed by atoms with E-state index in [9.17, 15) is 4.79 Å². The Morgan fingerprint density at radius 3 is 2.89 bits per heavy atom. The van der Waals surface area contributed by atoms with Crippen molar-refractivity contribution in [2.45, 2.75) is 13.0 Å². The SMILES string of the molecule is O=C(Nn1cccc1)c1cccc2c1CCNC2. The summed E-state index contributed by atoms with van der Waals surface area (Å²) in [6.07, 6.45) is 4.54. The van der Waals surface area contributed by atoms with Crippen molar-refractivity contribution >= 4 is 5.91 Å². The molecule has 2 aromatic rings. The number of benzene rings is 1. The van der Waals surface area contributed by atoms with Crippen molar-refractivity contribution in [2.24, 2.45) is 0 Å². The number of nitrogens with zero attached hydrogens (tertiary/aromatic N) is 1. The highest BCUT2D eigenvalue weighted by atomic mass is 16.2. The standard InChI is InChI=1S/C14H15N3O/c18-14(16-17-8-1-2-9-17)13-5-3-4-11-10-15-7-6-12(11)13/h1-5,8-9,15H,6-7,10H2,(H,16,18). The minimum atomic E-state index is -0.0510. The van der Waals surface area contributed by atoms with E-state index in [4.69, 9.17) is 0 Å². The number of aromatic nitrogens is 1. The minimum Gasteiger partial charge on any atom is -0.312 e. The van der Waals surface area contributed by atoms with Crippen molar-refractivity contribution < 1.29 is 4.79 Å². The first-order valence-corrected chi connectivity index (χ1v) is 6.10. The average Bonchev–Trinajstić information content (AvgIpc) is 2.91. The topological polar surface area (TPSA) is 46.1 Å². The molecule has 2 N–H and O–H groups in total. The van der Waals surface area contributed by atoms with Gasteiger partial charge in [0.2, 0.25) is 0 Å². The molecule has 1 aliphatic heterocycles. The molecule has 4 nitrogen and oxygen atoms in total. The number of rotatable bonds is 2. The Balaban J connectivity index is 1.89. The van der Waals surface area contributed by atoms with Crippen LogP contribution >= 0.6 is 0 Å². The van der Waals surface area contributed by atoms with E-state index in [0.717, 1.165) is 25.1 Å². The van der Waals surface area contributed by atoms with Crippen LogP contribution < -0.4 is 10.7 Å². The Bertz CT molecular complexity index is 560. The number of carbonyl (C=O) groups excluding carboxylic acids is 1. The molecule has 0 unspecified atom stereocenters. The van der Waals surface area contributed by atoms with E-state index >= 15 is 0 Å². The second kappa shape index (κ2) is 4.66. The first-order valence-electron chi connectivity index (χ1n) is 6.10. The normalized spacial score (nSPS) is 14.0. The van der Waals surface area contributed by atoms with Crippen molar-refractivity contribution in [1.82, 2.24) is 9.99 Å². The zero-order chi connectivity index (χ0) is 12.4. The predicted molar refractivity (Wildman–Crippen MR) is 70.0 cm³/mol. The van der Waals surface area contributed by atoms with Crippen LogP contribution in [0.4, 0.5) is 0 Å². The quantitative estimate of drug-likeness (QED) is 0.837. The van der Waals surface area contributed by atoms with Crippen LogP contribution in [-0.4, -0.2) is 17.1 Å². The van der Waals surface area contributed by atoms with E-state index in [0.29, 0.717) is 0 Å². The van der Waals surface area contributed by atoms with Crippen LogP contribution in [0.1, 0.15) is 21.5 Å². The summed E-state index contributed by atoms with van der Waals surface area (Å²) in [6, 6.07) is 9.67. The number of fused-ring (bicyclic) bond motifs is 1. The zero-order valence-electron chi connectivity index (χ0n) is 10.0. The number of amides is 1. The molecule has 1 aromatic heterocycles. The molecule has 0 radical (unpaired) electrons. The van der Waals surface area contributed by atoms with Crippen molar-refractivity contribution in [3.05, 3.63) is 59.4 Å². The molecule has 18 heavy (non-hydrogen) atoms. The largest absolute Gasteiger partial charge is 0.312 e. The third-order valence-corrected chi connectivity index (χ3v) is 3.22. The molecule has 0 spiro atoms. The molecule has 0 saturated heterocycles. The second-order valence-corrected chi connectivity index (χ2v) is 4.40. The maximum absolute atomic E-state index is 12.2. The summed E-state index contributed by atoms with van der Waals surface area (Å²) < 4.78 is 1.67. The maximum Gasteiger partial charge on any atom is 0.270 e. The van der Waals surface area contributed by atoms with Crippen LogP contribution in [0.25, 0.3) is 0 Å². The summed E-state index contributed by atoms with van der Waals surface area (Å²) in [7, 11) is 0. The third kappa shape index (κ3) is 2.02. The second-order valence-electron chi connectivity index (χ2n) is 4.40. The Hall–Kier alpha value is -2.07. The van der Waals surface area contributed by atoms with Gasteiger partial charge in [-0.25, -0.2) is 0 Å². The molecule has 1 amide bonds. The molecule has 4 heteroatoms. The van der Waals surface area contributed by atoms with Gasteiger partial charge in [-0.2, -0.15) is 0 Å². The van der Waals surface area contributed by atoms with Gasteiger partial charge in [0.25, 0.3) is 5.91 Å². The van der Waals surface area contributed by atoms with Gasteiger partial charge in [0.05, 0.1) is 0 Å². The number of carbonyl (C=O) groups is 1. The van der Waals surface area contributed by atoms with E-state index in [1.807, 2.05) is 36.7 Å². The summed E-state index contributed by atoms with van der Waals surface area (Å²) in [5, 5.41) is 3.32. The summed E-state index contributed by atoms with van der Waals surface area (Å²) in [5.74, 6) is -0.0510. The molecule has 2 heterocycles. The monoisotopic (exact) mass is 241 g/mol. The van der Waals surface area contributed by atoms with Gasteiger partial charge in [0, 0.05) is 24.5 Å². The van der Waals surface area contributed by atoms with Crippen LogP contribution in [0.15, 0.2) is 42.7 Å². The Labute approximate surface area is 106 Å². The Morgan fingerprint density at radius 1 is 1.22 bits per heavy atom. The fraction of sp³-hybridized carbons (Fsp3) is 0.214. The first-order chi connectivity index (χ1) is 8.84. The molecule has 3 rings (SSSR count). The minimum absolute atomic E-state index is 0.0510. The zero-order valence-corrected chi connectivity index (χ0v) is 10.0. The van der Waals surface area contributed by atoms with Crippen LogP contribution in [0.5, 0.6) is 0 Å². The lowest BCUT2D eigenvalue weighted by atomic mass is 9.95. The highest BCUT2D eigenvalue weighted by Gasteiger charge is 2.17. The van der Waals surface area contributed by atoms with Gasteiger partial charge in [0.15, 0.2) is 0 Å². The van der Waals surface area contributed by atoms with E-state index in [-0.39, 0.29) is 5.91 Å². The highest BCUT2D eigenvalue weighted by molar-refractivity contribution is 6.01. The average molecular weight is 241 g/mol. The summed E-state index contributed by atoms with van der Waals surface area (Å²) in [5.41, 5.74) is 6.02. The van der Waals surface area contributed by atoms with Gasteiger partial charge in [-0.3, -0.25) is 14.9 Å². The molecule has 0 aliphatic carbocycles. The van der Waals surface area contributed by atoms with E-state index in [1.54, 1.807) is 4.68 Å².